The average molecular weight is 378 g/mol. The SMILES string of the molecule is Cc1cncc(Nc2snc(C)c2C(=O)Nc2ccc(Cl)c(F)c2)n1. The van der Waals surface area contributed by atoms with Gasteiger partial charge in [-0.15, -0.1) is 0 Å². The van der Waals surface area contributed by atoms with Gasteiger partial charge in [0.1, 0.15) is 16.6 Å². The molecule has 0 saturated carbocycles. The first-order valence-electron chi connectivity index (χ1n) is 7.22. The Labute approximate surface area is 152 Å². The van der Waals surface area contributed by atoms with Crippen LogP contribution < -0.4 is 10.6 Å². The third kappa shape index (κ3) is 3.92. The Bertz CT molecular complexity index is 946. The second-order valence-corrected chi connectivity index (χ2v) is 6.41. The molecule has 3 aromatic rings. The van der Waals surface area contributed by atoms with Crippen LogP contribution in [0.4, 0.5) is 20.9 Å². The van der Waals surface area contributed by atoms with Gasteiger partial charge in [-0.2, -0.15) is 4.37 Å². The highest BCUT2D eigenvalue weighted by atomic mass is 35.5. The fourth-order valence-corrected chi connectivity index (χ4v) is 3.05. The van der Waals surface area contributed by atoms with Crippen LogP contribution in [0.2, 0.25) is 5.02 Å². The van der Waals surface area contributed by atoms with Crippen LogP contribution in [0, 0.1) is 19.7 Å². The zero-order chi connectivity index (χ0) is 18.0. The Morgan fingerprint density at radius 3 is 2.80 bits per heavy atom. The summed E-state index contributed by atoms with van der Waals surface area (Å²) in [5.41, 5.74) is 1.97. The van der Waals surface area contributed by atoms with Crippen molar-refractivity contribution < 1.29 is 9.18 Å². The largest absolute Gasteiger partial charge is 0.329 e. The van der Waals surface area contributed by atoms with E-state index < -0.39 is 11.7 Å². The highest BCUT2D eigenvalue weighted by Gasteiger charge is 2.19. The van der Waals surface area contributed by atoms with Crippen molar-refractivity contribution >= 4 is 45.5 Å². The molecule has 0 fully saturated rings. The zero-order valence-electron chi connectivity index (χ0n) is 13.3. The van der Waals surface area contributed by atoms with Crippen LogP contribution in [0.1, 0.15) is 21.7 Å². The number of carbonyl (C=O) groups is 1. The Morgan fingerprint density at radius 2 is 2.08 bits per heavy atom. The van der Waals surface area contributed by atoms with Gasteiger partial charge in [0.05, 0.1) is 28.2 Å². The van der Waals surface area contributed by atoms with Gasteiger partial charge in [-0.1, -0.05) is 11.6 Å². The van der Waals surface area contributed by atoms with Crippen molar-refractivity contribution in [2.45, 2.75) is 13.8 Å². The summed E-state index contributed by atoms with van der Waals surface area (Å²) in [5, 5.41) is 6.22. The maximum Gasteiger partial charge on any atom is 0.260 e. The third-order valence-corrected chi connectivity index (χ3v) is 4.42. The van der Waals surface area contributed by atoms with Gasteiger partial charge in [0.15, 0.2) is 0 Å². The number of anilines is 3. The summed E-state index contributed by atoms with van der Waals surface area (Å²) in [7, 11) is 0. The van der Waals surface area contributed by atoms with Gasteiger partial charge in [0.25, 0.3) is 5.91 Å². The quantitative estimate of drug-likeness (QED) is 0.707. The summed E-state index contributed by atoms with van der Waals surface area (Å²) < 4.78 is 17.7. The van der Waals surface area contributed by atoms with Crippen molar-refractivity contribution in [3.05, 3.63) is 58.4 Å². The van der Waals surface area contributed by atoms with Gasteiger partial charge >= 0.3 is 0 Å². The number of rotatable bonds is 4. The molecular formula is C16H13ClFN5OS. The van der Waals surface area contributed by atoms with Crippen molar-refractivity contribution in [2.75, 3.05) is 10.6 Å². The van der Waals surface area contributed by atoms with E-state index in [4.69, 9.17) is 11.6 Å². The summed E-state index contributed by atoms with van der Waals surface area (Å²) in [6.07, 6.45) is 3.18. The lowest BCUT2D eigenvalue weighted by molar-refractivity contribution is 0.102. The van der Waals surface area contributed by atoms with Crippen LogP contribution in [0.25, 0.3) is 0 Å². The van der Waals surface area contributed by atoms with Crippen molar-refractivity contribution in [3.8, 4) is 0 Å². The lowest BCUT2D eigenvalue weighted by Gasteiger charge is -2.08. The molecular weight excluding hydrogens is 365 g/mol. The van der Waals surface area contributed by atoms with Crippen LogP contribution in [-0.4, -0.2) is 20.2 Å². The molecule has 0 saturated heterocycles. The van der Waals surface area contributed by atoms with Crippen LogP contribution in [0.15, 0.2) is 30.6 Å². The number of benzene rings is 1. The molecule has 0 spiro atoms. The summed E-state index contributed by atoms with van der Waals surface area (Å²) in [5.74, 6) is -0.501. The highest BCUT2D eigenvalue weighted by molar-refractivity contribution is 7.10. The van der Waals surface area contributed by atoms with Gasteiger partial charge in [0.2, 0.25) is 0 Å². The second-order valence-electron chi connectivity index (χ2n) is 5.23. The summed E-state index contributed by atoms with van der Waals surface area (Å²) in [6, 6.07) is 4.07. The fraction of sp³-hybridized carbons (Fsp3) is 0.125. The molecule has 128 valence electrons. The monoisotopic (exact) mass is 377 g/mol. The first kappa shape index (κ1) is 17.2. The number of hydrogen-bond acceptors (Lipinski definition) is 6. The average Bonchev–Trinajstić information content (AvgIpc) is 2.91. The molecule has 2 heterocycles. The maximum absolute atomic E-state index is 13.5. The van der Waals surface area contributed by atoms with E-state index >= 15 is 0 Å². The van der Waals surface area contributed by atoms with Crippen molar-refractivity contribution in [3.63, 3.8) is 0 Å². The van der Waals surface area contributed by atoms with Crippen LogP contribution in [0.5, 0.6) is 0 Å². The summed E-state index contributed by atoms with van der Waals surface area (Å²) in [6.45, 7) is 3.54. The molecule has 0 aliphatic rings. The van der Waals surface area contributed by atoms with E-state index in [0.29, 0.717) is 27.8 Å². The molecule has 2 aromatic heterocycles. The number of aromatic nitrogens is 3. The molecule has 0 atom stereocenters. The topological polar surface area (TPSA) is 79.8 Å². The Kier molecular flexibility index (Phi) is 4.91. The number of amides is 1. The normalized spacial score (nSPS) is 10.6. The van der Waals surface area contributed by atoms with Gasteiger partial charge in [-0.3, -0.25) is 9.78 Å². The first-order chi connectivity index (χ1) is 11.9. The molecule has 3 rings (SSSR count). The van der Waals surface area contributed by atoms with E-state index in [1.807, 2.05) is 6.92 Å². The fourth-order valence-electron chi connectivity index (χ4n) is 2.13. The molecule has 6 nitrogen and oxygen atoms in total. The van der Waals surface area contributed by atoms with Crippen LogP contribution in [0.3, 0.4) is 0 Å². The molecule has 0 unspecified atom stereocenters. The zero-order valence-corrected chi connectivity index (χ0v) is 14.9. The van der Waals surface area contributed by atoms with E-state index in [-0.39, 0.29) is 5.02 Å². The molecule has 1 aromatic carbocycles. The standard InChI is InChI=1S/C16H13ClFN5OS/c1-8-6-19-7-13(20-8)22-16-14(9(2)23-25-16)15(24)21-10-3-4-11(17)12(18)5-10/h3-7H,1-2H3,(H,20,22)(H,21,24). The lowest BCUT2D eigenvalue weighted by atomic mass is 10.2. The van der Waals surface area contributed by atoms with E-state index in [0.717, 1.165) is 23.3 Å². The molecule has 25 heavy (non-hydrogen) atoms. The van der Waals surface area contributed by atoms with Crippen molar-refractivity contribution in [1.29, 1.82) is 0 Å². The van der Waals surface area contributed by atoms with Gasteiger partial charge in [-0.25, -0.2) is 9.37 Å². The van der Waals surface area contributed by atoms with Gasteiger partial charge in [-0.05, 0) is 43.6 Å². The molecule has 2 N–H and O–H groups in total. The molecule has 9 heteroatoms. The predicted molar refractivity (Wildman–Crippen MR) is 96.3 cm³/mol. The van der Waals surface area contributed by atoms with E-state index in [1.165, 1.54) is 12.1 Å². The van der Waals surface area contributed by atoms with E-state index in [2.05, 4.69) is 25.0 Å². The number of hydrogen-bond donors (Lipinski definition) is 2. The minimum absolute atomic E-state index is 0.00763. The predicted octanol–water partition coefficient (Wildman–Crippen LogP) is 4.34. The maximum atomic E-state index is 13.5. The van der Waals surface area contributed by atoms with E-state index in [9.17, 15) is 9.18 Å². The number of carbonyl (C=O) groups excluding carboxylic acids is 1. The molecule has 1 amide bonds. The minimum atomic E-state index is -0.604. The van der Waals surface area contributed by atoms with Gasteiger partial charge in [0, 0.05) is 11.9 Å². The molecule has 0 aliphatic carbocycles. The summed E-state index contributed by atoms with van der Waals surface area (Å²) in [4.78, 5) is 20.9. The number of halogens is 2. The van der Waals surface area contributed by atoms with Crippen molar-refractivity contribution in [2.24, 2.45) is 0 Å². The third-order valence-electron chi connectivity index (χ3n) is 3.26. The van der Waals surface area contributed by atoms with Crippen LogP contribution >= 0.6 is 23.1 Å². The van der Waals surface area contributed by atoms with Crippen molar-refractivity contribution in [1.82, 2.24) is 14.3 Å². The van der Waals surface area contributed by atoms with Crippen LogP contribution in [-0.2, 0) is 0 Å². The number of nitrogens with one attached hydrogen (secondary N) is 2. The Balaban J connectivity index is 1.85. The van der Waals surface area contributed by atoms with E-state index in [1.54, 1.807) is 19.3 Å². The Morgan fingerprint density at radius 1 is 1.28 bits per heavy atom. The smallest absolute Gasteiger partial charge is 0.260 e. The Hall–Kier alpha value is -2.58. The molecule has 0 aliphatic heterocycles. The number of nitrogens with zero attached hydrogens (tertiary/aromatic N) is 3. The minimum Gasteiger partial charge on any atom is -0.329 e. The van der Waals surface area contributed by atoms with Gasteiger partial charge < -0.3 is 10.6 Å². The molecule has 0 radical (unpaired) electrons. The number of aryl methyl sites for hydroxylation is 2. The highest BCUT2D eigenvalue weighted by Crippen LogP contribution is 2.28. The second kappa shape index (κ2) is 7.12. The first-order valence-corrected chi connectivity index (χ1v) is 8.37. The lowest BCUT2D eigenvalue weighted by Crippen LogP contribution is -2.14. The summed E-state index contributed by atoms with van der Waals surface area (Å²) >= 11 is 6.79. The molecule has 0 bridgehead atoms.